The number of nitrogens with one attached hydrogen (secondary N) is 1. The lowest BCUT2D eigenvalue weighted by molar-refractivity contribution is 0.527. The average Bonchev–Trinajstić information content (AvgIpc) is 3.46. The van der Waals surface area contributed by atoms with Crippen molar-refractivity contribution in [3.05, 3.63) is 75.9 Å². The van der Waals surface area contributed by atoms with E-state index in [0.717, 1.165) is 28.7 Å². The van der Waals surface area contributed by atoms with Gasteiger partial charge in [0.2, 0.25) is 0 Å². The number of oxazole rings is 1. The van der Waals surface area contributed by atoms with Crippen molar-refractivity contribution in [2.45, 2.75) is 25.8 Å². The van der Waals surface area contributed by atoms with Gasteiger partial charge >= 0.3 is 11.7 Å². The van der Waals surface area contributed by atoms with Gasteiger partial charge in [-0.1, -0.05) is 11.6 Å². The standard InChI is InChI=1S/C22H17ClN6O2/c23-15-3-4-18-14(11-15)12-16(28(18)9-2-1-6-24)13-17-20-19(5-7-25-17)29(21(30)27-20)22-26-8-10-31-22/h3-5,7-8,10-12H,1-2,9,13H2,(H,27,30). The molecule has 0 aliphatic heterocycles. The van der Waals surface area contributed by atoms with E-state index in [9.17, 15) is 4.79 Å². The SMILES string of the molecule is N#CCCCn1c(Cc2nccc3c2[nH]c(=O)n3-c2ncco2)cc2cc(Cl)ccc21. The zero-order valence-electron chi connectivity index (χ0n) is 16.4. The Morgan fingerprint density at radius 3 is 2.87 bits per heavy atom. The molecule has 0 fully saturated rings. The van der Waals surface area contributed by atoms with Crippen molar-refractivity contribution < 1.29 is 4.42 Å². The van der Waals surface area contributed by atoms with Gasteiger partial charge in [0, 0.05) is 47.2 Å². The Balaban J connectivity index is 1.61. The molecule has 5 aromatic rings. The molecule has 0 spiro atoms. The van der Waals surface area contributed by atoms with Crippen LogP contribution in [0.1, 0.15) is 24.2 Å². The van der Waals surface area contributed by atoms with E-state index in [1.807, 2.05) is 18.2 Å². The number of aromatic nitrogens is 5. The second kappa shape index (κ2) is 7.78. The van der Waals surface area contributed by atoms with Gasteiger partial charge in [0.1, 0.15) is 6.26 Å². The maximum atomic E-state index is 12.6. The Morgan fingerprint density at radius 2 is 2.06 bits per heavy atom. The van der Waals surface area contributed by atoms with E-state index >= 15 is 0 Å². The number of aryl methyl sites for hydroxylation is 1. The summed E-state index contributed by atoms with van der Waals surface area (Å²) in [6.07, 6.45) is 6.31. The molecule has 0 radical (unpaired) electrons. The third-order valence-electron chi connectivity index (χ3n) is 5.26. The van der Waals surface area contributed by atoms with E-state index in [2.05, 4.69) is 31.7 Å². The van der Waals surface area contributed by atoms with E-state index in [1.54, 1.807) is 12.3 Å². The Morgan fingerprint density at radius 1 is 1.16 bits per heavy atom. The lowest BCUT2D eigenvalue weighted by Gasteiger charge is -2.10. The minimum atomic E-state index is -0.340. The van der Waals surface area contributed by atoms with Gasteiger partial charge in [-0.05, 0) is 36.8 Å². The minimum absolute atomic E-state index is 0.202. The molecule has 0 bridgehead atoms. The molecule has 0 amide bonds. The lowest BCUT2D eigenvalue weighted by atomic mass is 10.2. The number of rotatable bonds is 6. The summed E-state index contributed by atoms with van der Waals surface area (Å²) in [6.45, 7) is 0.706. The highest BCUT2D eigenvalue weighted by Crippen LogP contribution is 2.27. The number of imidazole rings is 1. The molecule has 5 rings (SSSR count). The number of benzene rings is 1. The molecule has 9 heteroatoms. The summed E-state index contributed by atoms with van der Waals surface area (Å²) < 4.78 is 8.90. The van der Waals surface area contributed by atoms with Crippen molar-refractivity contribution in [3.63, 3.8) is 0 Å². The van der Waals surface area contributed by atoms with E-state index in [1.165, 1.54) is 17.0 Å². The number of unbranched alkanes of at least 4 members (excludes halogenated alkanes) is 1. The quantitative estimate of drug-likeness (QED) is 0.405. The normalized spacial score (nSPS) is 11.4. The highest BCUT2D eigenvalue weighted by atomic mass is 35.5. The second-order valence-corrected chi connectivity index (χ2v) is 7.60. The van der Waals surface area contributed by atoms with Crippen LogP contribution < -0.4 is 5.69 Å². The van der Waals surface area contributed by atoms with Crippen molar-refractivity contribution in [2.24, 2.45) is 0 Å². The predicted octanol–water partition coefficient (Wildman–Crippen LogP) is 4.20. The zero-order chi connectivity index (χ0) is 21.4. The molecule has 8 nitrogen and oxygen atoms in total. The summed E-state index contributed by atoms with van der Waals surface area (Å²) in [5.41, 5.74) is 3.75. The number of nitrogens with zero attached hydrogens (tertiary/aromatic N) is 5. The monoisotopic (exact) mass is 432 g/mol. The number of halogens is 1. The maximum absolute atomic E-state index is 12.6. The van der Waals surface area contributed by atoms with Gasteiger partial charge in [-0.3, -0.25) is 4.98 Å². The topological polar surface area (TPSA) is 105 Å². The summed E-state index contributed by atoms with van der Waals surface area (Å²) in [5, 5.41) is 10.6. The predicted molar refractivity (Wildman–Crippen MR) is 116 cm³/mol. The molecule has 0 saturated carbocycles. The van der Waals surface area contributed by atoms with Crippen LogP contribution in [0.4, 0.5) is 0 Å². The number of hydrogen-bond donors (Lipinski definition) is 1. The number of hydrogen-bond acceptors (Lipinski definition) is 5. The van der Waals surface area contributed by atoms with Gasteiger partial charge in [0.05, 0.1) is 29.0 Å². The van der Waals surface area contributed by atoms with Crippen LogP contribution in [0.2, 0.25) is 5.02 Å². The molecule has 1 N–H and O–H groups in total. The Hall–Kier alpha value is -3.83. The molecule has 31 heavy (non-hydrogen) atoms. The smallest absolute Gasteiger partial charge is 0.334 e. The number of H-pyrrole nitrogens is 1. The third-order valence-corrected chi connectivity index (χ3v) is 5.50. The van der Waals surface area contributed by atoms with Crippen LogP contribution in [0.15, 0.2) is 58.2 Å². The first-order valence-corrected chi connectivity index (χ1v) is 10.2. The van der Waals surface area contributed by atoms with Gasteiger partial charge in [0.15, 0.2) is 0 Å². The van der Waals surface area contributed by atoms with Gasteiger partial charge in [-0.2, -0.15) is 5.26 Å². The molecular formula is C22H17ClN6O2. The molecule has 0 aliphatic carbocycles. The van der Waals surface area contributed by atoms with Gasteiger partial charge in [-0.15, -0.1) is 0 Å². The molecule has 154 valence electrons. The highest BCUT2D eigenvalue weighted by molar-refractivity contribution is 6.31. The van der Waals surface area contributed by atoms with E-state index in [-0.39, 0.29) is 11.7 Å². The molecule has 0 atom stereocenters. The molecular weight excluding hydrogens is 416 g/mol. The first kappa shape index (κ1) is 19.2. The molecule has 0 unspecified atom stereocenters. The zero-order valence-corrected chi connectivity index (χ0v) is 17.1. The highest BCUT2D eigenvalue weighted by Gasteiger charge is 2.17. The Bertz CT molecular complexity index is 1490. The van der Waals surface area contributed by atoms with Gasteiger partial charge < -0.3 is 14.0 Å². The first-order chi connectivity index (χ1) is 15.2. The maximum Gasteiger partial charge on any atom is 0.334 e. The number of fused-ring (bicyclic) bond motifs is 2. The van der Waals surface area contributed by atoms with Crippen molar-refractivity contribution in [1.82, 2.24) is 24.1 Å². The van der Waals surface area contributed by atoms with Crippen LogP contribution in [0.3, 0.4) is 0 Å². The van der Waals surface area contributed by atoms with Gasteiger partial charge in [-0.25, -0.2) is 14.3 Å². The summed E-state index contributed by atoms with van der Waals surface area (Å²) in [7, 11) is 0. The molecule has 4 heterocycles. The average molecular weight is 433 g/mol. The fraction of sp³-hybridized carbons (Fsp3) is 0.182. The summed E-state index contributed by atoms with van der Waals surface area (Å²) in [4.78, 5) is 24.1. The van der Waals surface area contributed by atoms with Crippen molar-refractivity contribution in [3.8, 4) is 12.1 Å². The molecule has 1 aromatic carbocycles. The van der Waals surface area contributed by atoms with Gasteiger partial charge in [0.25, 0.3) is 0 Å². The number of aromatic amines is 1. The van der Waals surface area contributed by atoms with Crippen LogP contribution in [-0.2, 0) is 13.0 Å². The summed E-state index contributed by atoms with van der Waals surface area (Å²) >= 11 is 6.19. The first-order valence-electron chi connectivity index (χ1n) is 9.79. The Kier molecular flexibility index (Phi) is 4.81. The van der Waals surface area contributed by atoms with Crippen LogP contribution in [-0.4, -0.2) is 24.1 Å². The molecule has 4 aromatic heterocycles. The fourth-order valence-electron chi connectivity index (χ4n) is 3.94. The van der Waals surface area contributed by atoms with Crippen molar-refractivity contribution in [1.29, 1.82) is 5.26 Å². The van der Waals surface area contributed by atoms with E-state index in [0.29, 0.717) is 35.4 Å². The molecule has 0 saturated heterocycles. The van der Waals surface area contributed by atoms with Crippen LogP contribution in [0.5, 0.6) is 0 Å². The van der Waals surface area contributed by atoms with E-state index in [4.69, 9.17) is 21.3 Å². The number of pyridine rings is 1. The minimum Gasteiger partial charge on any atom is -0.431 e. The largest absolute Gasteiger partial charge is 0.431 e. The second-order valence-electron chi connectivity index (χ2n) is 7.16. The van der Waals surface area contributed by atoms with Crippen molar-refractivity contribution >= 4 is 33.5 Å². The van der Waals surface area contributed by atoms with E-state index < -0.39 is 0 Å². The van der Waals surface area contributed by atoms with Crippen LogP contribution >= 0.6 is 11.6 Å². The van der Waals surface area contributed by atoms with Crippen molar-refractivity contribution in [2.75, 3.05) is 0 Å². The third kappa shape index (κ3) is 3.39. The van der Waals surface area contributed by atoms with Crippen LogP contribution in [0.25, 0.3) is 28.0 Å². The lowest BCUT2D eigenvalue weighted by Crippen LogP contribution is -2.14. The number of nitriles is 1. The fourth-order valence-corrected chi connectivity index (χ4v) is 4.12. The Labute approximate surface area is 181 Å². The van der Waals surface area contributed by atoms with Crippen LogP contribution in [0, 0.1) is 11.3 Å². The summed E-state index contributed by atoms with van der Waals surface area (Å²) in [6, 6.07) is 12.0. The summed E-state index contributed by atoms with van der Waals surface area (Å²) in [5.74, 6) is 0. The molecule has 0 aliphatic rings.